The minimum absolute atomic E-state index is 0.0706. The summed E-state index contributed by atoms with van der Waals surface area (Å²) >= 11 is 0. The average molecular weight is 280 g/mol. The van der Waals surface area contributed by atoms with Crippen LogP contribution < -0.4 is 5.73 Å². The van der Waals surface area contributed by atoms with Gasteiger partial charge in [0.05, 0.1) is 11.4 Å². The predicted octanol–water partition coefficient (Wildman–Crippen LogP) is 1.96. The Balaban J connectivity index is 2.27. The van der Waals surface area contributed by atoms with E-state index in [1.54, 1.807) is 12.1 Å². The topological polar surface area (TPSA) is 75.9 Å². The van der Waals surface area contributed by atoms with Gasteiger partial charge in [-0.05, 0) is 24.3 Å². The van der Waals surface area contributed by atoms with E-state index in [1.807, 2.05) is 0 Å². The molecule has 0 amide bonds. The Bertz CT molecular complexity index is 669. The SMILES string of the molecule is [NH3+]Cc1ccc(S(=O)(=O)[N-]c2cccc(F)c2)cc1. The van der Waals surface area contributed by atoms with Crippen LogP contribution in [0.4, 0.5) is 10.1 Å². The fraction of sp³-hybridized carbons (Fsp3) is 0.0769. The second kappa shape index (κ2) is 5.38. The molecule has 100 valence electrons. The molecule has 19 heavy (non-hydrogen) atoms. The van der Waals surface area contributed by atoms with Gasteiger partial charge in [-0.3, -0.25) is 0 Å². The first kappa shape index (κ1) is 13.5. The van der Waals surface area contributed by atoms with Gasteiger partial charge in [0.1, 0.15) is 15.8 Å². The number of hydrogen-bond acceptors (Lipinski definition) is 2. The van der Waals surface area contributed by atoms with E-state index in [2.05, 4.69) is 10.5 Å². The lowest BCUT2D eigenvalue weighted by molar-refractivity contribution is -0.386. The molecule has 3 N–H and O–H groups in total. The van der Waals surface area contributed by atoms with Crippen LogP contribution in [0.2, 0.25) is 0 Å². The van der Waals surface area contributed by atoms with Crippen LogP contribution in [0.1, 0.15) is 5.56 Å². The van der Waals surface area contributed by atoms with Gasteiger partial charge in [-0.1, -0.05) is 24.3 Å². The number of sulfonamides is 1. The summed E-state index contributed by atoms with van der Waals surface area (Å²) < 4.78 is 40.6. The third-order valence-corrected chi connectivity index (χ3v) is 3.86. The third-order valence-electron chi connectivity index (χ3n) is 2.54. The minimum atomic E-state index is -3.82. The quantitative estimate of drug-likeness (QED) is 0.929. The molecule has 0 heterocycles. The van der Waals surface area contributed by atoms with Crippen LogP contribution in [0.3, 0.4) is 0 Å². The van der Waals surface area contributed by atoms with Crippen LogP contribution in [-0.2, 0) is 16.6 Å². The Morgan fingerprint density at radius 3 is 2.37 bits per heavy atom. The summed E-state index contributed by atoms with van der Waals surface area (Å²) in [6.07, 6.45) is 0. The smallest absolute Gasteiger partial charge is 0.123 e. The van der Waals surface area contributed by atoms with Gasteiger partial charge in [0.2, 0.25) is 0 Å². The van der Waals surface area contributed by atoms with Gasteiger partial charge in [-0.15, -0.1) is 5.69 Å². The van der Waals surface area contributed by atoms with Crippen LogP contribution in [0.25, 0.3) is 4.72 Å². The molecule has 0 aliphatic rings. The van der Waals surface area contributed by atoms with Gasteiger partial charge >= 0.3 is 0 Å². The molecular formula is C13H13FN2O2S. The first-order chi connectivity index (χ1) is 9.01. The van der Waals surface area contributed by atoms with Crippen LogP contribution in [0.5, 0.6) is 0 Å². The Kier molecular flexibility index (Phi) is 3.82. The second-order valence-corrected chi connectivity index (χ2v) is 5.54. The largest absolute Gasteiger partial charge is 0.573 e. The van der Waals surface area contributed by atoms with E-state index in [4.69, 9.17) is 0 Å². The molecule has 0 saturated heterocycles. The summed E-state index contributed by atoms with van der Waals surface area (Å²) in [5.41, 5.74) is 4.72. The first-order valence-corrected chi connectivity index (χ1v) is 7.07. The van der Waals surface area contributed by atoms with Crippen molar-refractivity contribution in [3.8, 4) is 0 Å². The lowest BCUT2D eigenvalue weighted by atomic mass is 10.2. The highest BCUT2D eigenvalue weighted by molar-refractivity contribution is 7.94. The van der Waals surface area contributed by atoms with Crippen LogP contribution in [0.15, 0.2) is 53.4 Å². The zero-order valence-electron chi connectivity index (χ0n) is 10.1. The Morgan fingerprint density at radius 2 is 1.79 bits per heavy atom. The summed E-state index contributed by atoms with van der Waals surface area (Å²) in [6.45, 7) is 0.585. The number of nitrogens with zero attached hydrogens (tertiary/aromatic N) is 1. The van der Waals surface area contributed by atoms with Crippen LogP contribution in [0, 0.1) is 5.82 Å². The van der Waals surface area contributed by atoms with Gasteiger partial charge in [0.25, 0.3) is 0 Å². The molecule has 0 unspecified atom stereocenters. The number of benzene rings is 2. The maximum atomic E-state index is 13.0. The zero-order valence-corrected chi connectivity index (χ0v) is 10.9. The molecule has 0 aliphatic carbocycles. The van der Waals surface area contributed by atoms with Crippen molar-refractivity contribution in [3.63, 3.8) is 0 Å². The molecule has 0 spiro atoms. The highest BCUT2D eigenvalue weighted by Crippen LogP contribution is 2.27. The highest BCUT2D eigenvalue weighted by atomic mass is 32.2. The monoisotopic (exact) mass is 280 g/mol. The molecule has 0 fully saturated rings. The van der Waals surface area contributed by atoms with E-state index in [0.717, 1.165) is 11.6 Å². The van der Waals surface area contributed by atoms with Gasteiger partial charge in [0.15, 0.2) is 0 Å². The van der Waals surface area contributed by atoms with E-state index in [-0.39, 0.29) is 10.6 Å². The Morgan fingerprint density at radius 1 is 1.11 bits per heavy atom. The van der Waals surface area contributed by atoms with E-state index >= 15 is 0 Å². The van der Waals surface area contributed by atoms with E-state index in [0.29, 0.717) is 6.54 Å². The van der Waals surface area contributed by atoms with Crippen molar-refractivity contribution in [2.24, 2.45) is 0 Å². The van der Waals surface area contributed by atoms with E-state index in [9.17, 15) is 12.8 Å². The van der Waals surface area contributed by atoms with Gasteiger partial charge in [-0.2, -0.15) is 0 Å². The molecule has 2 aromatic rings. The standard InChI is InChI=1S/C13H12FN2O2S/c14-11-2-1-3-12(8-11)16-19(17,18)13-6-4-10(9-15)5-7-13/h1-8H,9,15H2/q-1/p+1. The molecule has 0 saturated carbocycles. The molecule has 0 atom stereocenters. The lowest BCUT2D eigenvalue weighted by Crippen LogP contribution is -2.47. The van der Waals surface area contributed by atoms with Gasteiger partial charge in [0, 0.05) is 5.56 Å². The fourth-order valence-electron chi connectivity index (χ4n) is 1.55. The zero-order chi connectivity index (χ0) is 13.9. The van der Waals surface area contributed by atoms with Crippen molar-refractivity contribution in [3.05, 3.63) is 64.6 Å². The second-order valence-electron chi connectivity index (χ2n) is 3.94. The number of hydrogen-bond donors (Lipinski definition) is 1. The van der Waals surface area contributed by atoms with E-state index < -0.39 is 15.8 Å². The molecule has 4 nitrogen and oxygen atoms in total. The van der Waals surface area contributed by atoms with Gasteiger partial charge in [-0.25, -0.2) is 12.8 Å². The first-order valence-electron chi connectivity index (χ1n) is 5.63. The molecule has 2 rings (SSSR count). The van der Waals surface area contributed by atoms with Crippen molar-refractivity contribution in [2.75, 3.05) is 0 Å². The van der Waals surface area contributed by atoms with Crippen molar-refractivity contribution in [1.82, 2.24) is 0 Å². The highest BCUT2D eigenvalue weighted by Gasteiger charge is 2.05. The Labute approximate surface area is 111 Å². The summed E-state index contributed by atoms with van der Waals surface area (Å²) in [6, 6.07) is 11.5. The average Bonchev–Trinajstić information content (AvgIpc) is 2.38. The molecule has 0 radical (unpaired) electrons. The number of quaternary nitrogens is 1. The maximum Gasteiger partial charge on any atom is 0.123 e. The minimum Gasteiger partial charge on any atom is -0.573 e. The summed E-state index contributed by atoms with van der Waals surface area (Å²) in [5.74, 6) is -0.524. The van der Waals surface area contributed by atoms with Crippen LogP contribution >= 0.6 is 0 Å². The molecular weight excluding hydrogens is 267 g/mol. The predicted molar refractivity (Wildman–Crippen MR) is 69.6 cm³/mol. The summed E-state index contributed by atoms with van der Waals surface area (Å²) in [4.78, 5) is 0.0777. The van der Waals surface area contributed by atoms with Crippen LogP contribution in [-0.4, -0.2) is 8.42 Å². The fourth-order valence-corrected chi connectivity index (χ4v) is 2.53. The summed E-state index contributed by atoms with van der Waals surface area (Å²) in [7, 11) is -3.82. The molecule has 0 bridgehead atoms. The molecule has 0 aromatic heterocycles. The lowest BCUT2D eigenvalue weighted by Gasteiger charge is -2.21. The van der Waals surface area contributed by atoms with Crippen molar-refractivity contribution in [2.45, 2.75) is 11.4 Å². The molecule has 6 heteroatoms. The van der Waals surface area contributed by atoms with Crippen molar-refractivity contribution >= 4 is 15.7 Å². The Hall–Kier alpha value is -1.92. The molecule has 2 aromatic carbocycles. The number of rotatable bonds is 4. The van der Waals surface area contributed by atoms with Gasteiger partial charge < -0.3 is 10.5 Å². The van der Waals surface area contributed by atoms with Crippen molar-refractivity contribution in [1.29, 1.82) is 0 Å². The third kappa shape index (κ3) is 3.30. The molecule has 0 aliphatic heterocycles. The normalized spacial score (nSPS) is 11.3. The van der Waals surface area contributed by atoms with E-state index in [1.165, 1.54) is 30.3 Å². The number of halogens is 1. The van der Waals surface area contributed by atoms with Crippen molar-refractivity contribution < 1.29 is 18.5 Å². The summed E-state index contributed by atoms with van der Waals surface area (Å²) in [5, 5.41) is 0. The maximum absolute atomic E-state index is 13.0.